The van der Waals surface area contributed by atoms with Gasteiger partial charge in [0.2, 0.25) is 0 Å². The van der Waals surface area contributed by atoms with Gasteiger partial charge in [-0.3, -0.25) is 4.79 Å². The van der Waals surface area contributed by atoms with Crippen LogP contribution in [0, 0.1) is 0 Å². The van der Waals surface area contributed by atoms with Gasteiger partial charge in [0.1, 0.15) is 0 Å². The van der Waals surface area contributed by atoms with Crippen LogP contribution in [-0.4, -0.2) is 17.6 Å². The maximum atomic E-state index is 11.7. The summed E-state index contributed by atoms with van der Waals surface area (Å²) in [6.45, 7) is 0. The molecule has 92 valence electrons. The monoisotopic (exact) mass is 243 g/mol. The number of aryl methyl sites for hydroxylation is 1. The summed E-state index contributed by atoms with van der Waals surface area (Å²) in [5.74, 6) is -0.387. The minimum atomic E-state index is -0.387. The quantitative estimate of drug-likeness (QED) is 0.756. The first-order chi connectivity index (χ1) is 8.61. The van der Waals surface area contributed by atoms with E-state index in [2.05, 4.69) is 4.74 Å². The lowest BCUT2D eigenvalue weighted by Gasteiger charge is -2.04. The van der Waals surface area contributed by atoms with E-state index in [1.807, 2.05) is 11.6 Å². The molecule has 0 fully saturated rings. The smallest absolute Gasteiger partial charge is 0.337 e. The molecule has 0 saturated heterocycles. The zero-order chi connectivity index (χ0) is 13.1. The minimum Gasteiger partial charge on any atom is -0.465 e. The average molecular weight is 243 g/mol. The van der Waals surface area contributed by atoms with Gasteiger partial charge >= 0.3 is 5.97 Å². The molecule has 0 spiro atoms. The Bertz CT molecular complexity index is 626. The molecular formula is C14H13NO3. The van der Waals surface area contributed by atoms with Gasteiger partial charge in [0.15, 0.2) is 5.43 Å². The molecule has 0 aliphatic heterocycles. The van der Waals surface area contributed by atoms with Gasteiger partial charge in [-0.15, -0.1) is 0 Å². The molecule has 18 heavy (non-hydrogen) atoms. The Labute approximate surface area is 104 Å². The second kappa shape index (κ2) is 4.87. The second-order valence-electron chi connectivity index (χ2n) is 3.96. The van der Waals surface area contributed by atoms with Gasteiger partial charge in [-0.1, -0.05) is 12.1 Å². The Morgan fingerprint density at radius 3 is 2.44 bits per heavy atom. The van der Waals surface area contributed by atoms with Gasteiger partial charge in [0.05, 0.1) is 12.7 Å². The Morgan fingerprint density at radius 1 is 1.17 bits per heavy atom. The van der Waals surface area contributed by atoms with Crippen LogP contribution < -0.4 is 5.43 Å². The number of methoxy groups -OCH3 is 1. The van der Waals surface area contributed by atoms with Crippen LogP contribution in [0.4, 0.5) is 0 Å². The van der Waals surface area contributed by atoms with E-state index in [-0.39, 0.29) is 11.4 Å². The van der Waals surface area contributed by atoms with Gasteiger partial charge in [0.25, 0.3) is 0 Å². The fraction of sp³-hybridized carbons (Fsp3) is 0.143. The molecule has 2 rings (SSSR count). The third kappa shape index (κ3) is 2.32. The normalized spacial score (nSPS) is 10.1. The molecule has 1 aromatic carbocycles. The molecule has 0 aliphatic carbocycles. The van der Waals surface area contributed by atoms with E-state index in [0.717, 1.165) is 5.56 Å². The van der Waals surface area contributed by atoms with Crippen molar-refractivity contribution < 1.29 is 9.53 Å². The van der Waals surface area contributed by atoms with Crippen molar-refractivity contribution in [3.05, 3.63) is 58.5 Å². The molecule has 1 heterocycles. The highest BCUT2D eigenvalue weighted by Crippen LogP contribution is 2.16. The van der Waals surface area contributed by atoms with Gasteiger partial charge in [-0.25, -0.2) is 4.79 Å². The van der Waals surface area contributed by atoms with Crippen LogP contribution in [0.2, 0.25) is 0 Å². The summed E-state index contributed by atoms with van der Waals surface area (Å²) in [7, 11) is 3.19. The van der Waals surface area contributed by atoms with Crippen molar-refractivity contribution >= 4 is 5.97 Å². The van der Waals surface area contributed by atoms with Crippen LogP contribution in [0.5, 0.6) is 0 Å². The molecule has 0 radical (unpaired) electrons. The zero-order valence-electron chi connectivity index (χ0n) is 10.2. The number of pyridine rings is 1. The van der Waals surface area contributed by atoms with Gasteiger partial charge < -0.3 is 9.30 Å². The van der Waals surface area contributed by atoms with Crippen molar-refractivity contribution in [1.82, 2.24) is 4.57 Å². The predicted molar refractivity (Wildman–Crippen MR) is 68.5 cm³/mol. The number of benzene rings is 1. The highest BCUT2D eigenvalue weighted by atomic mass is 16.5. The Hall–Kier alpha value is -2.36. The van der Waals surface area contributed by atoms with Crippen molar-refractivity contribution in [3.63, 3.8) is 0 Å². The van der Waals surface area contributed by atoms with Crippen LogP contribution in [0.25, 0.3) is 11.1 Å². The van der Waals surface area contributed by atoms with E-state index in [1.165, 1.54) is 13.2 Å². The SMILES string of the molecule is COC(=O)c1ccc(-c2cn(C)ccc2=O)cc1. The fourth-order valence-electron chi connectivity index (χ4n) is 1.71. The minimum absolute atomic E-state index is 0.0427. The van der Waals surface area contributed by atoms with Crippen LogP contribution in [0.1, 0.15) is 10.4 Å². The van der Waals surface area contributed by atoms with Gasteiger partial charge in [-0.05, 0) is 17.7 Å². The lowest BCUT2D eigenvalue weighted by Crippen LogP contribution is -2.06. The number of carbonyl (C=O) groups excluding carboxylic acids is 1. The lowest BCUT2D eigenvalue weighted by molar-refractivity contribution is 0.0601. The lowest BCUT2D eigenvalue weighted by atomic mass is 10.1. The molecule has 0 aliphatic rings. The molecule has 4 nitrogen and oxygen atoms in total. The first kappa shape index (κ1) is 12.1. The topological polar surface area (TPSA) is 48.3 Å². The largest absolute Gasteiger partial charge is 0.465 e. The number of hydrogen-bond donors (Lipinski definition) is 0. The number of rotatable bonds is 2. The third-order valence-electron chi connectivity index (χ3n) is 2.68. The van der Waals surface area contributed by atoms with E-state index < -0.39 is 0 Å². The predicted octanol–water partition coefficient (Wildman–Crippen LogP) is 1.84. The zero-order valence-corrected chi connectivity index (χ0v) is 10.2. The number of hydrogen-bond acceptors (Lipinski definition) is 3. The van der Waals surface area contributed by atoms with Crippen molar-refractivity contribution in [1.29, 1.82) is 0 Å². The molecular weight excluding hydrogens is 230 g/mol. The van der Waals surface area contributed by atoms with Crippen LogP contribution in [0.3, 0.4) is 0 Å². The maximum Gasteiger partial charge on any atom is 0.337 e. The summed E-state index contributed by atoms with van der Waals surface area (Å²) in [4.78, 5) is 23.0. The Kier molecular flexibility index (Phi) is 3.28. The number of aromatic nitrogens is 1. The number of ether oxygens (including phenoxy) is 1. The highest BCUT2D eigenvalue weighted by molar-refractivity contribution is 5.89. The summed E-state index contributed by atoms with van der Waals surface area (Å²) in [5.41, 5.74) is 1.81. The van der Waals surface area contributed by atoms with Gasteiger partial charge in [0, 0.05) is 31.1 Å². The highest BCUT2D eigenvalue weighted by Gasteiger charge is 2.07. The van der Waals surface area contributed by atoms with Crippen molar-refractivity contribution in [2.75, 3.05) is 7.11 Å². The molecule has 2 aromatic rings. The molecule has 0 atom stereocenters. The fourth-order valence-corrected chi connectivity index (χ4v) is 1.71. The van der Waals surface area contributed by atoms with E-state index in [4.69, 9.17) is 0 Å². The molecule has 1 aromatic heterocycles. The molecule has 0 unspecified atom stereocenters. The first-order valence-electron chi connectivity index (χ1n) is 5.47. The van der Waals surface area contributed by atoms with E-state index in [9.17, 15) is 9.59 Å². The van der Waals surface area contributed by atoms with E-state index >= 15 is 0 Å². The third-order valence-corrected chi connectivity index (χ3v) is 2.68. The number of esters is 1. The Balaban J connectivity index is 2.43. The molecule has 4 heteroatoms. The molecule has 0 saturated carbocycles. The van der Waals surface area contributed by atoms with Crippen LogP contribution in [0.15, 0.2) is 47.5 Å². The average Bonchev–Trinajstić information content (AvgIpc) is 2.41. The maximum absolute atomic E-state index is 11.7. The van der Waals surface area contributed by atoms with E-state index in [1.54, 1.807) is 36.7 Å². The first-order valence-corrected chi connectivity index (χ1v) is 5.47. The van der Waals surface area contributed by atoms with Crippen molar-refractivity contribution in [3.8, 4) is 11.1 Å². The molecule has 0 amide bonds. The summed E-state index contributed by atoms with van der Waals surface area (Å²) < 4.78 is 6.43. The summed E-state index contributed by atoms with van der Waals surface area (Å²) in [5, 5.41) is 0. The number of carbonyl (C=O) groups is 1. The van der Waals surface area contributed by atoms with E-state index in [0.29, 0.717) is 11.1 Å². The van der Waals surface area contributed by atoms with Crippen LogP contribution >= 0.6 is 0 Å². The summed E-state index contributed by atoms with van der Waals surface area (Å²) >= 11 is 0. The molecule has 0 bridgehead atoms. The summed E-state index contributed by atoms with van der Waals surface area (Å²) in [6, 6.07) is 8.29. The summed E-state index contributed by atoms with van der Waals surface area (Å²) in [6.07, 6.45) is 3.46. The number of nitrogens with zero attached hydrogens (tertiary/aromatic N) is 1. The Morgan fingerprint density at radius 2 is 1.83 bits per heavy atom. The van der Waals surface area contributed by atoms with Crippen molar-refractivity contribution in [2.24, 2.45) is 7.05 Å². The second-order valence-corrected chi connectivity index (χ2v) is 3.96. The van der Waals surface area contributed by atoms with Crippen molar-refractivity contribution in [2.45, 2.75) is 0 Å². The standard InChI is InChI=1S/C14H13NO3/c1-15-8-7-13(16)12(9-15)10-3-5-11(6-4-10)14(17)18-2/h3-9H,1-2H3. The van der Waals surface area contributed by atoms with Gasteiger partial charge in [-0.2, -0.15) is 0 Å². The van der Waals surface area contributed by atoms with Crippen LogP contribution in [-0.2, 0) is 11.8 Å². The molecule has 0 N–H and O–H groups in total.